The van der Waals surface area contributed by atoms with Gasteiger partial charge in [-0.15, -0.1) is 0 Å². The first-order chi connectivity index (χ1) is 13.3. The Labute approximate surface area is 165 Å². The molecule has 2 aromatic carbocycles. The zero-order valence-electron chi connectivity index (χ0n) is 15.8. The van der Waals surface area contributed by atoms with Gasteiger partial charge in [0.1, 0.15) is 0 Å². The van der Waals surface area contributed by atoms with Crippen molar-refractivity contribution in [2.24, 2.45) is 0 Å². The minimum absolute atomic E-state index is 0.0182. The molecule has 0 bridgehead atoms. The third-order valence-electron chi connectivity index (χ3n) is 4.04. The molecule has 1 amide bonds. The Kier molecular flexibility index (Phi) is 7.71. The van der Waals surface area contributed by atoms with Crippen molar-refractivity contribution in [3.8, 4) is 0 Å². The van der Waals surface area contributed by atoms with Crippen molar-refractivity contribution in [1.82, 2.24) is 10.0 Å². The number of amides is 1. The largest absolute Gasteiger partial charge is 0.452 e. The van der Waals surface area contributed by atoms with Crippen LogP contribution in [0, 0.1) is 0 Å². The van der Waals surface area contributed by atoms with Crippen molar-refractivity contribution >= 4 is 21.9 Å². The molecule has 1 atom stereocenters. The minimum atomic E-state index is -3.80. The molecule has 1 unspecified atom stereocenters. The van der Waals surface area contributed by atoms with Crippen LogP contribution in [0.2, 0.25) is 0 Å². The summed E-state index contributed by atoms with van der Waals surface area (Å²) in [5, 5.41) is 2.68. The number of rotatable bonds is 9. The van der Waals surface area contributed by atoms with Crippen molar-refractivity contribution < 1.29 is 22.7 Å². The van der Waals surface area contributed by atoms with Crippen LogP contribution in [0.15, 0.2) is 59.5 Å². The standard InChI is InChI=1S/C20H24N2O5S/c1-3-15(2)22-19(23)14-27-20(24)17-10-7-11-18(12-17)28(25,26)21-13-16-8-5-4-6-9-16/h4-12,15,21H,3,13-14H2,1-2H3,(H,22,23). The number of carbonyl (C=O) groups excluding carboxylic acids is 2. The molecular weight excluding hydrogens is 380 g/mol. The molecule has 0 aliphatic rings. The fourth-order valence-electron chi connectivity index (χ4n) is 2.28. The normalized spacial score (nSPS) is 12.2. The van der Waals surface area contributed by atoms with Crippen molar-refractivity contribution in [1.29, 1.82) is 0 Å². The summed E-state index contributed by atoms with van der Waals surface area (Å²) >= 11 is 0. The first-order valence-electron chi connectivity index (χ1n) is 8.92. The predicted molar refractivity (Wildman–Crippen MR) is 105 cm³/mol. The van der Waals surface area contributed by atoms with Crippen molar-refractivity contribution in [3.05, 3.63) is 65.7 Å². The Hall–Kier alpha value is -2.71. The van der Waals surface area contributed by atoms with Crippen molar-refractivity contribution in [2.45, 2.75) is 37.8 Å². The number of benzene rings is 2. The van der Waals surface area contributed by atoms with Gasteiger partial charge in [-0.2, -0.15) is 0 Å². The van der Waals surface area contributed by atoms with Crippen LogP contribution >= 0.6 is 0 Å². The lowest BCUT2D eigenvalue weighted by Crippen LogP contribution is -2.35. The van der Waals surface area contributed by atoms with E-state index in [1.54, 1.807) is 12.1 Å². The van der Waals surface area contributed by atoms with Gasteiger partial charge in [0.25, 0.3) is 5.91 Å². The summed E-state index contributed by atoms with van der Waals surface area (Å²) in [7, 11) is -3.80. The summed E-state index contributed by atoms with van der Waals surface area (Å²) in [6.07, 6.45) is 0.759. The number of hydrogen-bond acceptors (Lipinski definition) is 5. The van der Waals surface area contributed by atoms with Crippen LogP contribution in [0.1, 0.15) is 36.2 Å². The molecule has 28 heavy (non-hydrogen) atoms. The average Bonchev–Trinajstić information content (AvgIpc) is 2.71. The van der Waals surface area contributed by atoms with Crippen molar-refractivity contribution in [3.63, 3.8) is 0 Å². The van der Waals surface area contributed by atoms with E-state index >= 15 is 0 Å². The first-order valence-corrected chi connectivity index (χ1v) is 10.4. The number of esters is 1. The van der Waals surface area contributed by atoms with Gasteiger partial charge >= 0.3 is 5.97 Å². The maximum absolute atomic E-state index is 12.5. The molecule has 0 aliphatic heterocycles. The summed E-state index contributed by atoms with van der Waals surface area (Å²) < 4.78 is 32.4. The molecule has 2 aromatic rings. The van der Waals surface area contributed by atoms with Gasteiger partial charge in [0.2, 0.25) is 10.0 Å². The molecule has 0 saturated heterocycles. The quantitative estimate of drug-likeness (QED) is 0.624. The fourth-order valence-corrected chi connectivity index (χ4v) is 3.34. The van der Waals surface area contributed by atoms with E-state index in [1.165, 1.54) is 24.3 Å². The Bertz CT molecular complexity index is 913. The van der Waals surface area contributed by atoms with E-state index in [2.05, 4.69) is 10.0 Å². The number of nitrogens with one attached hydrogen (secondary N) is 2. The minimum Gasteiger partial charge on any atom is -0.452 e. The molecule has 0 saturated carbocycles. The number of ether oxygens (including phenoxy) is 1. The molecule has 2 rings (SSSR count). The highest BCUT2D eigenvalue weighted by atomic mass is 32.2. The lowest BCUT2D eigenvalue weighted by atomic mass is 10.2. The van der Waals surface area contributed by atoms with Gasteiger partial charge in [-0.05, 0) is 37.1 Å². The van der Waals surface area contributed by atoms with E-state index in [4.69, 9.17) is 4.74 Å². The third kappa shape index (κ3) is 6.47. The number of carbonyl (C=O) groups is 2. The molecule has 0 aromatic heterocycles. The maximum atomic E-state index is 12.5. The van der Waals surface area contributed by atoms with E-state index in [1.807, 2.05) is 32.0 Å². The smallest absolute Gasteiger partial charge is 0.338 e. The predicted octanol–water partition coefficient (Wildman–Crippen LogP) is 2.24. The SMILES string of the molecule is CCC(C)NC(=O)COC(=O)c1cccc(S(=O)(=O)NCc2ccccc2)c1. The second-order valence-corrected chi connectivity index (χ2v) is 8.06. The second-order valence-electron chi connectivity index (χ2n) is 6.29. The number of sulfonamides is 1. The highest BCUT2D eigenvalue weighted by molar-refractivity contribution is 7.89. The molecule has 0 radical (unpaired) electrons. The van der Waals surface area contributed by atoms with E-state index < -0.39 is 28.5 Å². The van der Waals surface area contributed by atoms with E-state index in [0.717, 1.165) is 12.0 Å². The summed E-state index contributed by atoms with van der Waals surface area (Å²) in [6.45, 7) is 3.48. The third-order valence-corrected chi connectivity index (χ3v) is 5.44. The molecule has 0 aliphatic carbocycles. The zero-order valence-corrected chi connectivity index (χ0v) is 16.7. The van der Waals surface area contributed by atoms with Gasteiger partial charge in [0.05, 0.1) is 10.5 Å². The first kappa shape index (κ1) is 21.6. The summed E-state index contributed by atoms with van der Waals surface area (Å²) in [5.74, 6) is -1.17. The molecule has 0 fully saturated rings. The van der Waals surface area contributed by atoms with Crippen LogP contribution in [0.4, 0.5) is 0 Å². The van der Waals surface area contributed by atoms with E-state index in [9.17, 15) is 18.0 Å². The van der Waals surface area contributed by atoms with Gasteiger partial charge in [0.15, 0.2) is 6.61 Å². The molecular formula is C20H24N2O5S. The number of hydrogen-bond donors (Lipinski definition) is 2. The maximum Gasteiger partial charge on any atom is 0.338 e. The Morgan fingerprint density at radius 1 is 1.07 bits per heavy atom. The fraction of sp³-hybridized carbons (Fsp3) is 0.300. The van der Waals surface area contributed by atoms with Crippen LogP contribution in [0.3, 0.4) is 0 Å². The van der Waals surface area contributed by atoms with Crippen LogP contribution in [0.25, 0.3) is 0 Å². The van der Waals surface area contributed by atoms with Crippen LogP contribution in [-0.2, 0) is 26.1 Å². The average molecular weight is 404 g/mol. The van der Waals surface area contributed by atoms with Gasteiger partial charge < -0.3 is 10.1 Å². The second kappa shape index (κ2) is 10.0. The van der Waals surface area contributed by atoms with Gasteiger partial charge in [-0.1, -0.05) is 43.3 Å². The summed E-state index contributed by atoms with van der Waals surface area (Å²) in [5.41, 5.74) is 0.868. The highest BCUT2D eigenvalue weighted by Crippen LogP contribution is 2.13. The Balaban J connectivity index is 2.00. The highest BCUT2D eigenvalue weighted by Gasteiger charge is 2.17. The van der Waals surface area contributed by atoms with Crippen LogP contribution < -0.4 is 10.0 Å². The lowest BCUT2D eigenvalue weighted by Gasteiger charge is -2.12. The zero-order chi connectivity index (χ0) is 20.6. The van der Waals surface area contributed by atoms with E-state index in [0.29, 0.717) is 0 Å². The Morgan fingerprint density at radius 3 is 2.46 bits per heavy atom. The Morgan fingerprint density at radius 2 is 1.79 bits per heavy atom. The molecule has 0 heterocycles. The van der Waals surface area contributed by atoms with Crippen molar-refractivity contribution in [2.75, 3.05) is 6.61 Å². The molecule has 7 nitrogen and oxygen atoms in total. The van der Waals surface area contributed by atoms with Gasteiger partial charge in [-0.3, -0.25) is 4.79 Å². The molecule has 0 spiro atoms. The molecule has 150 valence electrons. The van der Waals surface area contributed by atoms with Gasteiger partial charge in [0, 0.05) is 12.6 Å². The molecule has 2 N–H and O–H groups in total. The molecule has 8 heteroatoms. The van der Waals surface area contributed by atoms with Crippen LogP contribution in [0.5, 0.6) is 0 Å². The lowest BCUT2D eigenvalue weighted by molar-refractivity contribution is -0.124. The monoisotopic (exact) mass is 404 g/mol. The van der Waals surface area contributed by atoms with E-state index in [-0.39, 0.29) is 23.0 Å². The van der Waals surface area contributed by atoms with Crippen LogP contribution in [-0.4, -0.2) is 32.9 Å². The van der Waals surface area contributed by atoms with Gasteiger partial charge in [-0.25, -0.2) is 17.9 Å². The topological polar surface area (TPSA) is 102 Å². The summed E-state index contributed by atoms with van der Waals surface area (Å²) in [4.78, 5) is 23.8. The summed E-state index contributed by atoms with van der Waals surface area (Å²) in [6, 6.07) is 14.6.